The lowest BCUT2D eigenvalue weighted by molar-refractivity contribution is 0.00320. The van der Waals surface area contributed by atoms with Gasteiger partial charge in [0.1, 0.15) is 18.2 Å². The number of aliphatic hydroxyl groups is 1. The molecule has 0 saturated heterocycles. The maximum Gasteiger partial charge on any atom is 0.213 e. The third-order valence-electron chi connectivity index (χ3n) is 5.21. The van der Waals surface area contributed by atoms with Crippen molar-refractivity contribution >= 4 is 27.5 Å². The van der Waals surface area contributed by atoms with Gasteiger partial charge in [0.05, 0.1) is 17.3 Å². The molecule has 4 rings (SSSR count). The van der Waals surface area contributed by atoms with Crippen molar-refractivity contribution in [1.82, 2.24) is 4.98 Å². The highest BCUT2D eigenvalue weighted by atomic mass is 79.9. The van der Waals surface area contributed by atoms with E-state index in [1.807, 2.05) is 37.3 Å². The fourth-order valence-electron chi connectivity index (χ4n) is 3.58. The Morgan fingerprint density at radius 1 is 1.24 bits per heavy atom. The molecule has 2 atom stereocenters. The van der Waals surface area contributed by atoms with Crippen LogP contribution in [0.15, 0.2) is 59.1 Å². The van der Waals surface area contributed by atoms with Crippen molar-refractivity contribution in [2.45, 2.75) is 25.0 Å². The van der Waals surface area contributed by atoms with E-state index in [2.05, 4.69) is 20.9 Å². The van der Waals surface area contributed by atoms with E-state index in [4.69, 9.17) is 21.1 Å². The lowest BCUT2D eigenvalue weighted by atomic mass is 9.83. The lowest BCUT2D eigenvalue weighted by Gasteiger charge is -2.30. The zero-order valence-electron chi connectivity index (χ0n) is 15.5. The molecule has 1 unspecified atom stereocenters. The van der Waals surface area contributed by atoms with E-state index in [1.165, 1.54) is 6.07 Å². The number of pyridine rings is 1. The molecule has 1 aliphatic heterocycles. The van der Waals surface area contributed by atoms with Gasteiger partial charge in [0, 0.05) is 28.1 Å². The van der Waals surface area contributed by atoms with Gasteiger partial charge in [-0.15, -0.1) is 0 Å². The molecule has 7 heteroatoms. The number of fused-ring (bicyclic) bond motifs is 1. The summed E-state index contributed by atoms with van der Waals surface area (Å²) in [6.07, 6.45) is 0. The first-order chi connectivity index (χ1) is 14.0. The molecule has 0 radical (unpaired) electrons. The summed E-state index contributed by atoms with van der Waals surface area (Å²) in [7, 11) is 0. The molecular formula is C22H18BrClFNO3. The number of aromatic nitrogens is 1. The zero-order chi connectivity index (χ0) is 20.6. The first kappa shape index (κ1) is 20.1. The van der Waals surface area contributed by atoms with Crippen LogP contribution < -0.4 is 9.47 Å². The molecule has 0 saturated carbocycles. The standard InChI is InChI=1S/C22H18BrClFNO3/c1-13-19-16(10-15(25)21(24)20(19)23)29-22(13,12-27)17-8-5-9-18(26-17)28-11-14-6-3-2-4-7-14/h2-10,13,27H,11-12H2,1H3/t13?,22-/m0/s1. The Hall–Kier alpha value is -2.15. The molecule has 0 amide bonds. The number of hydrogen-bond acceptors (Lipinski definition) is 4. The normalized spacial score (nSPS) is 20.2. The fourth-order valence-corrected chi connectivity index (χ4v) is 4.46. The Bertz CT molecular complexity index is 1050. The summed E-state index contributed by atoms with van der Waals surface area (Å²) in [5, 5.41) is 10.3. The predicted octanol–water partition coefficient (Wildman–Crippen LogP) is 5.60. The van der Waals surface area contributed by atoms with Gasteiger partial charge in [-0.1, -0.05) is 54.9 Å². The second kappa shape index (κ2) is 7.94. The minimum absolute atomic E-state index is 0.0131. The quantitative estimate of drug-likeness (QED) is 0.485. The summed E-state index contributed by atoms with van der Waals surface area (Å²) in [6, 6.07) is 16.3. The van der Waals surface area contributed by atoms with E-state index >= 15 is 0 Å². The Morgan fingerprint density at radius 3 is 2.72 bits per heavy atom. The monoisotopic (exact) mass is 477 g/mol. The van der Waals surface area contributed by atoms with Gasteiger partial charge in [0.2, 0.25) is 5.88 Å². The molecular weight excluding hydrogens is 461 g/mol. The van der Waals surface area contributed by atoms with Crippen LogP contribution in [-0.2, 0) is 12.2 Å². The average molecular weight is 479 g/mol. The largest absolute Gasteiger partial charge is 0.477 e. The molecule has 2 aromatic carbocycles. The van der Waals surface area contributed by atoms with Crippen molar-refractivity contribution in [3.63, 3.8) is 0 Å². The minimum Gasteiger partial charge on any atom is -0.477 e. The van der Waals surface area contributed by atoms with Gasteiger partial charge in [0.15, 0.2) is 5.60 Å². The Balaban J connectivity index is 1.67. The van der Waals surface area contributed by atoms with Crippen LogP contribution in [0.4, 0.5) is 4.39 Å². The summed E-state index contributed by atoms with van der Waals surface area (Å²) in [5.41, 5.74) is 1.04. The van der Waals surface area contributed by atoms with E-state index in [1.54, 1.807) is 18.2 Å². The van der Waals surface area contributed by atoms with Crippen molar-refractivity contribution in [2.75, 3.05) is 6.61 Å². The first-order valence-corrected chi connectivity index (χ1v) is 10.2. The zero-order valence-corrected chi connectivity index (χ0v) is 17.9. The maximum absolute atomic E-state index is 14.1. The summed E-state index contributed by atoms with van der Waals surface area (Å²) < 4.78 is 26.4. The molecule has 4 nitrogen and oxygen atoms in total. The smallest absolute Gasteiger partial charge is 0.213 e. The van der Waals surface area contributed by atoms with Gasteiger partial charge in [-0.05, 0) is 27.6 Å². The molecule has 2 heterocycles. The maximum atomic E-state index is 14.1. The van der Waals surface area contributed by atoms with Crippen molar-refractivity contribution in [3.8, 4) is 11.6 Å². The van der Waals surface area contributed by atoms with Gasteiger partial charge in [-0.25, -0.2) is 9.37 Å². The molecule has 1 aliphatic rings. The second-order valence-electron chi connectivity index (χ2n) is 6.90. The van der Waals surface area contributed by atoms with E-state index in [0.29, 0.717) is 34.0 Å². The van der Waals surface area contributed by atoms with Crippen LogP contribution in [0.2, 0.25) is 5.02 Å². The van der Waals surface area contributed by atoms with Crippen LogP contribution in [0.5, 0.6) is 11.6 Å². The van der Waals surface area contributed by atoms with Gasteiger partial charge in [-0.2, -0.15) is 0 Å². The number of aliphatic hydroxyl groups excluding tert-OH is 1. The summed E-state index contributed by atoms with van der Waals surface area (Å²) in [4.78, 5) is 4.57. The third-order valence-corrected chi connectivity index (χ3v) is 6.63. The third kappa shape index (κ3) is 3.50. The van der Waals surface area contributed by atoms with Gasteiger partial charge >= 0.3 is 0 Å². The number of rotatable bonds is 5. The molecule has 0 aliphatic carbocycles. The van der Waals surface area contributed by atoms with Crippen LogP contribution in [0.3, 0.4) is 0 Å². The minimum atomic E-state index is -1.17. The van der Waals surface area contributed by atoms with Crippen molar-refractivity contribution in [3.05, 3.63) is 86.7 Å². The highest BCUT2D eigenvalue weighted by molar-refractivity contribution is 9.10. The van der Waals surface area contributed by atoms with E-state index in [0.717, 1.165) is 5.56 Å². The fraction of sp³-hybridized carbons (Fsp3) is 0.227. The Morgan fingerprint density at radius 2 is 2.00 bits per heavy atom. The van der Waals surface area contributed by atoms with Gasteiger partial charge < -0.3 is 14.6 Å². The van der Waals surface area contributed by atoms with Crippen molar-refractivity contribution in [2.24, 2.45) is 0 Å². The lowest BCUT2D eigenvalue weighted by Crippen LogP contribution is -2.39. The summed E-state index contributed by atoms with van der Waals surface area (Å²) >= 11 is 9.42. The van der Waals surface area contributed by atoms with Gasteiger partial charge in [-0.3, -0.25) is 0 Å². The number of ether oxygens (including phenoxy) is 2. The van der Waals surface area contributed by atoms with Crippen molar-refractivity contribution in [1.29, 1.82) is 0 Å². The van der Waals surface area contributed by atoms with E-state index in [9.17, 15) is 9.50 Å². The number of hydrogen-bond donors (Lipinski definition) is 1. The molecule has 29 heavy (non-hydrogen) atoms. The molecule has 150 valence electrons. The topological polar surface area (TPSA) is 51.6 Å². The Labute approximate surface area is 181 Å². The number of benzene rings is 2. The number of halogens is 3. The summed E-state index contributed by atoms with van der Waals surface area (Å²) in [5.74, 6) is -0.176. The highest BCUT2D eigenvalue weighted by Gasteiger charge is 2.50. The molecule has 1 aromatic heterocycles. The van der Waals surface area contributed by atoms with Crippen molar-refractivity contribution < 1.29 is 19.0 Å². The van der Waals surface area contributed by atoms with Gasteiger partial charge in [0.25, 0.3) is 0 Å². The van der Waals surface area contributed by atoms with Crippen LogP contribution >= 0.6 is 27.5 Å². The Kier molecular flexibility index (Phi) is 5.51. The highest BCUT2D eigenvalue weighted by Crippen LogP contribution is 2.54. The van der Waals surface area contributed by atoms with Crippen LogP contribution in [0, 0.1) is 5.82 Å². The molecule has 0 bridgehead atoms. The van der Waals surface area contributed by atoms with E-state index < -0.39 is 11.4 Å². The van der Waals surface area contributed by atoms with Crippen LogP contribution in [0.1, 0.15) is 29.7 Å². The second-order valence-corrected chi connectivity index (χ2v) is 8.08. The summed E-state index contributed by atoms with van der Waals surface area (Å²) in [6.45, 7) is 1.91. The first-order valence-electron chi connectivity index (χ1n) is 9.08. The average Bonchev–Trinajstić information content (AvgIpc) is 3.04. The number of nitrogens with zero attached hydrogens (tertiary/aromatic N) is 1. The van der Waals surface area contributed by atoms with Crippen LogP contribution in [-0.4, -0.2) is 16.7 Å². The SMILES string of the molecule is CC1c2c(cc(F)c(Cl)c2Br)O[C@]1(CO)c1cccc(OCc2ccccc2)n1. The molecule has 0 fully saturated rings. The van der Waals surface area contributed by atoms with E-state index in [-0.39, 0.29) is 17.5 Å². The molecule has 3 aromatic rings. The predicted molar refractivity (Wildman–Crippen MR) is 112 cm³/mol. The molecule has 0 spiro atoms. The molecule has 1 N–H and O–H groups in total. The van der Waals surface area contributed by atoms with Crippen LogP contribution in [0.25, 0.3) is 0 Å².